The standard InChI is InChI=1S/C11H16N4O4/c1-6-4-7-5-14(11(18)15(7)19)9(6)10(17)13-3-2-8(12)16/h4,7,9,19H,2-3,5H2,1H3,(H2,12,16)(H,13,17). The van der Waals surface area contributed by atoms with Crippen molar-refractivity contribution in [2.24, 2.45) is 5.73 Å². The van der Waals surface area contributed by atoms with Crippen LogP contribution in [-0.2, 0) is 9.59 Å². The quantitative estimate of drug-likeness (QED) is 0.438. The molecule has 2 unspecified atom stereocenters. The van der Waals surface area contributed by atoms with Crippen LogP contribution < -0.4 is 11.1 Å². The van der Waals surface area contributed by atoms with E-state index in [9.17, 15) is 19.6 Å². The van der Waals surface area contributed by atoms with Crippen LogP contribution in [0.5, 0.6) is 0 Å². The van der Waals surface area contributed by atoms with Crippen molar-refractivity contribution in [3.05, 3.63) is 11.6 Å². The summed E-state index contributed by atoms with van der Waals surface area (Å²) >= 11 is 0. The van der Waals surface area contributed by atoms with Crippen molar-refractivity contribution in [1.29, 1.82) is 0 Å². The SMILES string of the molecule is CC1=CC2CN(C(=O)N2O)C1C(=O)NCCC(N)=O. The van der Waals surface area contributed by atoms with E-state index in [0.29, 0.717) is 10.6 Å². The number of fused-ring (bicyclic) bond motifs is 2. The highest BCUT2D eigenvalue weighted by Crippen LogP contribution is 2.27. The maximum Gasteiger partial charge on any atom is 0.345 e. The van der Waals surface area contributed by atoms with Gasteiger partial charge in [-0.05, 0) is 12.5 Å². The second kappa shape index (κ2) is 4.88. The highest BCUT2D eigenvalue weighted by atomic mass is 16.5. The van der Waals surface area contributed by atoms with Crippen molar-refractivity contribution in [2.75, 3.05) is 13.1 Å². The minimum atomic E-state index is -0.742. The molecule has 1 saturated heterocycles. The molecule has 4 amide bonds. The molecule has 1 fully saturated rings. The Hall–Kier alpha value is -2.09. The minimum absolute atomic E-state index is 0.0456. The molecule has 104 valence electrons. The zero-order valence-electron chi connectivity index (χ0n) is 10.5. The number of urea groups is 1. The second-order valence-electron chi connectivity index (χ2n) is 4.67. The first-order valence-corrected chi connectivity index (χ1v) is 5.95. The smallest absolute Gasteiger partial charge is 0.345 e. The van der Waals surface area contributed by atoms with Crippen molar-refractivity contribution in [2.45, 2.75) is 25.4 Å². The van der Waals surface area contributed by atoms with E-state index in [1.54, 1.807) is 13.0 Å². The van der Waals surface area contributed by atoms with Gasteiger partial charge in [0, 0.05) is 13.0 Å². The van der Waals surface area contributed by atoms with Crippen LogP contribution in [0.2, 0.25) is 0 Å². The van der Waals surface area contributed by atoms with Crippen LogP contribution in [0.1, 0.15) is 13.3 Å². The van der Waals surface area contributed by atoms with Crippen LogP contribution >= 0.6 is 0 Å². The first-order valence-electron chi connectivity index (χ1n) is 5.95. The third-order valence-electron chi connectivity index (χ3n) is 3.26. The second-order valence-corrected chi connectivity index (χ2v) is 4.67. The van der Waals surface area contributed by atoms with Crippen molar-refractivity contribution in [1.82, 2.24) is 15.3 Å². The fourth-order valence-corrected chi connectivity index (χ4v) is 2.36. The van der Waals surface area contributed by atoms with Gasteiger partial charge in [0.15, 0.2) is 0 Å². The third-order valence-corrected chi connectivity index (χ3v) is 3.26. The average Bonchev–Trinajstić information content (AvgIpc) is 2.54. The molecule has 2 rings (SSSR count). The van der Waals surface area contributed by atoms with E-state index >= 15 is 0 Å². The minimum Gasteiger partial charge on any atom is -0.370 e. The van der Waals surface area contributed by atoms with Gasteiger partial charge < -0.3 is 16.0 Å². The highest BCUT2D eigenvalue weighted by Gasteiger charge is 2.46. The van der Waals surface area contributed by atoms with Crippen LogP contribution in [-0.4, -0.2) is 58.2 Å². The predicted octanol–water partition coefficient (Wildman–Crippen LogP) is -1.20. The molecule has 0 spiro atoms. The van der Waals surface area contributed by atoms with Crippen molar-refractivity contribution < 1.29 is 19.6 Å². The van der Waals surface area contributed by atoms with Gasteiger partial charge in [0.2, 0.25) is 11.8 Å². The number of hydrogen-bond acceptors (Lipinski definition) is 4. The van der Waals surface area contributed by atoms with Gasteiger partial charge in [-0.1, -0.05) is 6.08 Å². The number of hydrogen-bond donors (Lipinski definition) is 3. The number of nitrogens with one attached hydrogen (secondary N) is 1. The van der Waals surface area contributed by atoms with Gasteiger partial charge in [0.1, 0.15) is 6.04 Å². The first kappa shape index (κ1) is 13.3. The zero-order valence-corrected chi connectivity index (χ0v) is 10.5. The van der Waals surface area contributed by atoms with Gasteiger partial charge in [0.05, 0.1) is 12.6 Å². The normalized spacial score (nSPS) is 25.4. The summed E-state index contributed by atoms with van der Waals surface area (Å²) in [6.07, 6.45) is 1.74. The molecule has 0 aliphatic carbocycles. The van der Waals surface area contributed by atoms with Gasteiger partial charge in [-0.3, -0.25) is 14.8 Å². The Labute approximate surface area is 109 Å². The molecular formula is C11H16N4O4. The molecule has 2 heterocycles. The van der Waals surface area contributed by atoms with Crippen LogP contribution in [0.3, 0.4) is 0 Å². The van der Waals surface area contributed by atoms with E-state index in [2.05, 4.69) is 5.32 Å². The fraction of sp³-hybridized carbons (Fsp3) is 0.545. The lowest BCUT2D eigenvalue weighted by molar-refractivity contribution is -0.124. The lowest BCUT2D eigenvalue weighted by Gasteiger charge is -2.29. The van der Waals surface area contributed by atoms with Gasteiger partial charge in [-0.25, -0.2) is 4.79 Å². The maximum absolute atomic E-state index is 12.0. The van der Waals surface area contributed by atoms with E-state index < -0.39 is 24.0 Å². The number of nitrogens with two attached hydrogens (primary N) is 1. The molecule has 2 aliphatic heterocycles. The van der Waals surface area contributed by atoms with E-state index in [4.69, 9.17) is 5.73 Å². The Morgan fingerprint density at radius 2 is 2.26 bits per heavy atom. The Morgan fingerprint density at radius 3 is 2.89 bits per heavy atom. The predicted molar refractivity (Wildman–Crippen MR) is 63.9 cm³/mol. The monoisotopic (exact) mass is 268 g/mol. The van der Waals surface area contributed by atoms with Crippen LogP contribution in [0.15, 0.2) is 11.6 Å². The lowest BCUT2D eigenvalue weighted by Crippen LogP contribution is -2.50. The first-order chi connectivity index (χ1) is 8.91. The maximum atomic E-state index is 12.0. The summed E-state index contributed by atoms with van der Waals surface area (Å²) in [6, 6.07) is -1.73. The molecule has 4 N–H and O–H groups in total. The Balaban J connectivity index is 2.05. The molecule has 2 atom stereocenters. The van der Waals surface area contributed by atoms with Gasteiger partial charge in [-0.15, -0.1) is 0 Å². The highest BCUT2D eigenvalue weighted by molar-refractivity contribution is 5.91. The van der Waals surface area contributed by atoms with Crippen molar-refractivity contribution in [3.63, 3.8) is 0 Å². The molecule has 2 bridgehead atoms. The topological polar surface area (TPSA) is 116 Å². The largest absolute Gasteiger partial charge is 0.370 e. The molecule has 0 radical (unpaired) electrons. The average molecular weight is 268 g/mol. The Kier molecular flexibility index (Phi) is 3.43. The van der Waals surface area contributed by atoms with Crippen molar-refractivity contribution >= 4 is 17.8 Å². The summed E-state index contributed by atoms with van der Waals surface area (Å²) in [5.41, 5.74) is 5.67. The summed E-state index contributed by atoms with van der Waals surface area (Å²) in [5.74, 6) is -0.882. The number of rotatable bonds is 4. The Bertz CT molecular complexity index is 462. The number of carbonyl (C=O) groups excluding carboxylic acids is 3. The number of amides is 4. The summed E-state index contributed by atoms with van der Waals surface area (Å²) in [7, 11) is 0. The van der Waals surface area contributed by atoms with E-state index in [1.807, 2.05) is 0 Å². The van der Waals surface area contributed by atoms with E-state index in [-0.39, 0.29) is 25.4 Å². The van der Waals surface area contributed by atoms with Gasteiger partial charge >= 0.3 is 6.03 Å². The molecule has 0 saturated carbocycles. The lowest BCUT2D eigenvalue weighted by atomic mass is 10.00. The van der Waals surface area contributed by atoms with Gasteiger partial charge in [0.25, 0.3) is 0 Å². The van der Waals surface area contributed by atoms with E-state index in [0.717, 1.165) is 0 Å². The molecule has 0 aromatic heterocycles. The van der Waals surface area contributed by atoms with Crippen LogP contribution in [0.25, 0.3) is 0 Å². The molecule has 0 aromatic rings. The number of carbonyl (C=O) groups is 3. The molecule has 19 heavy (non-hydrogen) atoms. The number of nitrogens with zero attached hydrogens (tertiary/aromatic N) is 2. The molecular weight excluding hydrogens is 252 g/mol. The Morgan fingerprint density at radius 1 is 1.58 bits per heavy atom. The van der Waals surface area contributed by atoms with Crippen LogP contribution in [0, 0.1) is 0 Å². The number of hydroxylamine groups is 2. The van der Waals surface area contributed by atoms with Crippen molar-refractivity contribution in [3.8, 4) is 0 Å². The fourth-order valence-electron chi connectivity index (χ4n) is 2.36. The summed E-state index contributed by atoms with van der Waals surface area (Å²) < 4.78 is 0. The molecule has 8 heteroatoms. The van der Waals surface area contributed by atoms with Gasteiger partial charge in [-0.2, -0.15) is 5.06 Å². The number of primary amides is 1. The zero-order chi connectivity index (χ0) is 14.2. The van der Waals surface area contributed by atoms with E-state index in [1.165, 1.54) is 4.90 Å². The third kappa shape index (κ3) is 2.39. The molecule has 2 aliphatic rings. The molecule has 8 nitrogen and oxygen atoms in total. The molecule has 0 aromatic carbocycles. The summed E-state index contributed by atoms with van der Waals surface area (Å²) in [4.78, 5) is 35.7. The van der Waals surface area contributed by atoms with Crippen LogP contribution in [0.4, 0.5) is 4.79 Å². The summed E-state index contributed by atoms with van der Waals surface area (Å²) in [5, 5.41) is 12.7. The summed E-state index contributed by atoms with van der Waals surface area (Å²) in [6.45, 7) is 2.14.